The molecule has 3 fully saturated rings. The van der Waals surface area contributed by atoms with Gasteiger partial charge in [0.15, 0.2) is 5.79 Å². The van der Waals surface area contributed by atoms with Crippen molar-refractivity contribution in [1.29, 1.82) is 0 Å². The Hall–Kier alpha value is -1.07. The molecule has 100 valence electrons. The summed E-state index contributed by atoms with van der Waals surface area (Å²) in [5, 5.41) is 9.22. The second-order valence-electron chi connectivity index (χ2n) is 5.75. The second kappa shape index (κ2) is 3.71. The van der Waals surface area contributed by atoms with Crippen LogP contribution in [0.1, 0.15) is 27.2 Å². The van der Waals surface area contributed by atoms with Gasteiger partial charge in [-0.3, -0.25) is 0 Å². The average Bonchev–Trinajstić information content (AvgIpc) is 2.69. The van der Waals surface area contributed by atoms with Crippen LogP contribution in [0.15, 0.2) is 11.8 Å². The topological polar surface area (TPSA) is 65.0 Å². The number of ether oxygens (including phenoxy) is 3. The lowest BCUT2D eigenvalue weighted by atomic mass is 9.82. The molecule has 5 nitrogen and oxygen atoms in total. The van der Waals surface area contributed by atoms with Crippen LogP contribution in [0, 0.1) is 11.8 Å². The maximum atomic E-state index is 11.7. The van der Waals surface area contributed by atoms with Crippen LogP contribution in [0.3, 0.4) is 0 Å². The fourth-order valence-electron chi connectivity index (χ4n) is 3.55. The van der Waals surface area contributed by atoms with Crippen molar-refractivity contribution in [2.75, 3.05) is 0 Å². The Bertz CT molecular complexity index is 414. The molecule has 2 heterocycles. The lowest BCUT2D eigenvalue weighted by Gasteiger charge is -2.35. The molecule has 0 aromatic heterocycles. The molecule has 5 atom stereocenters. The highest BCUT2D eigenvalue weighted by atomic mass is 16.8. The van der Waals surface area contributed by atoms with E-state index in [-0.39, 0.29) is 30.1 Å². The van der Waals surface area contributed by atoms with E-state index in [1.54, 1.807) is 0 Å². The van der Waals surface area contributed by atoms with Crippen molar-refractivity contribution in [1.82, 2.24) is 0 Å². The Morgan fingerprint density at radius 2 is 2.11 bits per heavy atom. The van der Waals surface area contributed by atoms with Gasteiger partial charge in [-0.1, -0.05) is 0 Å². The SMILES string of the molecule is C[C@@H]1OC(=O)/C(=C\O)[C@H]2C[C@@H]3OC(C)(C)O[C@@H]3[C@@H]12. The van der Waals surface area contributed by atoms with Gasteiger partial charge in [-0.15, -0.1) is 0 Å². The van der Waals surface area contributed by atoms with E-state index in [9.17, 15) is 9.90 Å². The molecule has 5 heteroatoms. The van der Waals surface area contributed by atoms with Gasteiger partial charge in [-0.05, 0) is 27.2 Å². The number of hydrogen-bond acceptors (Lipinski definition) is 5. The second-order valence-corrected chi connectivity index (χ2v) is 5.75. The third kappa shape index (κ3) is 1.57. The van der Waals surface area contributed by atoms with E-state index in [1.807, 2.05) is 20.8 Å². The molecular formula is C13H18O5. The minimum atomic E-state index is -0.579. The van der Waals surface area contributed by atoms with Gasteiger partial charge in [0.25, 0.3) is 0 Å². The smallest absolute Gasteiger partial charge is 0.337 e. The summed E-state index contributed by atoms with van der Waals surface area (Å²) < 4.78 is 17.0. The molecule has 1 aliphatic carbocycles. The first-order valence-electron chi connectivity index (χ1n) is 6.34. The van der Waals surface area contributed by atoms with E-state index < -0.39 is 11.8 Å². The average molecular weight is 254 g/mol. The van der Waals surface area contributed by atoms with Gasteiger partial charge in [-0.25, -0.2) is 4.79 Å². The molecule has 0 amide bonds. The molecular weight excluding hydrogens is 236 g/mol. The van der Waals surface area contributed by atoms with Gasteiger partial charge in [0.1, 0.15) is 6.10 Å². The lowest BCUT2D eigenvalue weighted by molar-refractivity contribution is -0.176. The van der Waals surface area contributed by atoms with Crippen LogP contribution in [-0.2, 0) is 19.0 Å². The number of aliphatic hydroxyl groups excluding tert-OH is 1. The Labute approximate surface area is 106 Å². The van der Waals surface area contributed by atoms with Crippen LogP contribution in [0.25, 0.3) is 0 Å². The largest absolute Gasteiger partial charge is 0.515 e. The van der Waals surface area contributed by atoms with Crippen molar-refractivity contribution in [3.8, 4) is 0 Å². The minimum absolute atomic E-state index is 0.0260. The Balaban J connectivity index is 1.91. The van der Waals surface area contributed by atoms with Crippen LogP contribution < -0.4 is 0 Å². The van der Waals surface area contributed by atoms with Gasteiger partial charge >= 0.3 is 5.97 Å². The lowest BCUT2D eigenvalue weighted by Crippen LogP contribution is -2.42. The molecule has 0 bridgehead atoms. The Morgan fingerprint density at radius 1 is 1.39 bits per heavy atom. The number of aliphatic hydroxyl groups is 1. The Morgan fingerprint density at radius 3 is 2.78 bits per heavy atom. The summed E-state index contributed by atoms with van der Waals surface area (Å²) in [5.41, 5.74) is 0.345. The molecule has 0 aromatic carbocycles. The summed E-state index contributed by atoms with van der Waals surface area (Å²) in [6.45, 7) is 5.66. The van der Waals surface area contributed by atoms with Crippen molar-refractivity contribution in [2.45, 2.75) is 51.3 Å². The zero-order chi connectivity index (χ0) is 13.1. The van der Waals surface area contributed by atoms with E-state index in [4.69, 9.17) is 14.2 Å². The molecule has 3 aliphatic rings. The highest BCUT2D eigenvalue weighted by Crippen LogP contribution is 2.50. The van der Waals surface area contributed by atoms with Gasteiger partial charge < -0.3 is 19.3 Å². The monoisotopic (exact) mass is 254 g/mol. The van der Waals surface area contributed by atoms with Crippen molar-refractivity contribution in [3.63, 3.8) is 0 Å². The maximum Gasteiger partial charge on any atom is 0.337 e. The van der Waals surface area contributed by atoms with E-state index in [2.05, 4.69) is 0 Å². The molecule has 0 unspecified atom stereocenters. The zero-order valence-electron chi connectivity index (χ0n) is 10.8. The highest BCUT2D eigenvalue weighted by Gasteiger charge is 2.59. The fraction of sp³-hybridized carbons (Fsp3) is 0.769. The number of carbonyl (C=O) groups excluding carboxylic acids is 1. The van der Waals surface area contributed by atoms with Gasteiger partial charge in [0, 0.05) is 11.8 Å². The fourth-order valence-corrected chi connectivity index (χ4v) is 3.55. The summed E-state index contributed by atoms with van der Waals surface area (Å²) in [5.74, 6) is -0.972. The third-order valence-electron chi connectivity index (χ3n) is 4.16. The number of cyclic esters (lactones) is 1. The first-order chi connectivity index (χ1) is 8.43. The molecule has 3 rings (SSSR count). The standard InChI is InChI=1S/C13H18O5/c1-6-10-7(8(5-14)12(15)16-6)4-9-11(10)18-13(2,3)17-9/h5-7,9-11,14H,4H2,1-3H3/b8-5-/t6-,7+,9-,10-,11-/m0/s1. The molecule has 0 spiro atoms. The summed E-state index contributed by atoms with van der Waals surface area (Å²) in [7, 11) is 0. The summed E-state index contributed by atoms with van der Waals surface area (Å²) in [4.78, 5) is 11.7. The third-order valence-corrected chi connectivity index (χ3v) is 4.16. The van der Waals surface area contributed by atoms with Gasteiger partial charge in [0.2, 0.25) is 0 Å². The minimum Gasteiger partial charge on any atom is -0.515 e. The summed E-state index contributed by atoms with van der Waals surface area (Å²) in [6.07, 6.45) is 1.27. The van der Waals surface area contributed by atoms with E-state index in [1.165, 1.54) is 0 Å². The van der Waals surface area contributed by atoms with Gasteiger partial charge in [0.05, 0.1) is 24.0 Å². The first-order valence-corrected chi connectivity index (χ1v) is 6.34. The normalized spacial score (nSPS) is 47.8. The molecule has 1 saturated carbocycles. The predicted octanol–water partition coefficient (Wildman–Crippen LogP) is 1.53. The van der Waals surface area contributed by atoms with Gasteiger partial charge in [-0.2, -0.15) is 0 Å². The Kier molecular flexibility index (Phi) is 2.47. The van der Waals surface area contributed by atoms with Crippen LogP contribution >= 0.6 is 0 Å². The molecule has 0 radical (unpaired) electrons. The predicted molar refractivity (Wildman–Crippen MR) is 61.7 cm³/mol. The van der Waals surface area contributed by atoms with Crippen molar-refractivity contribution < 1.29 is 24.1 Å². The maximum absolute atomic E-state index is 11.7. The van der Waals surface area contributed by atoms with Crippen molar-refractivity contribution >= 4 is 5.97 Å². The number of carbonyl (C=O) groups is 1. The molecule has 2 aliphatic heterocycles. The van der Waals surface area contributed by atoms with Crippen LogP contribution in [0.5, 0.6) is 0 Å². The number of fused-ring (bicyclic) bond motifs is 3. The molecule has 2 saturated heterocycles. The molecule has 1 N–H and O–H groups in total. The zero-order valence-corrected chi connectivity index (χ0v) is 10.8. The van der Waals surface area contributed by atoms with Crippen molar-refractivity contribution in [3.05, 3.63) is 11.8 Å². The quantitative estimate of drug-likeness (QED) is 0.403. The first kappa shape index (κ1) is 12.0. The van der Waals surface area contributed by atoms with E-state index >= 15 is 0 Å². The van der Waals surface area contributed by atoms with Crippen molar-refractivity contribution in [2.24, 2.45) is 11.8 Å². The van der Waals surface area contributed by atoms with Crippen LogP contribution in [0.2, 0.25) is 0 Å². The summed E-state index contributed by atoms with van der Waals surface area (Å²) >= 11 is 0. The summed E-state index contributed by atoms with van der Waals surface area (Å²) in [6, 6.07) is 0. The molecule has 0 aromatic rings. The number of rotatable bonds is 0. The molecule has 18 heavy (non-hydrogen) atoms. The van der Waals surface area contributed by atoms with Crippen LogP contribution in [-0.4, -0.2) is 35.2 Å². The van der Waals surface area contributed by atoms with Crippen LogP contribution in [0.4, 0.5) is 0 Å². The highest BCUT2D eigenvalue weighted by molar-refractivity contribution is 5.90. The van der Waals surface area contributed by atoms with E-state index in [0.29, 0.717) is 12.0 Å². The number of esters is 1. The number of hydrogen-bond donors (Lipinski definition) is 1. The van der Waals surface area contributed by atoms with E-state index in [0.717, 1.165) is 6.26 Å².